The van der Waals surface area contributed by atoms with Gasteiger partial charge in [-0.05, 0) is 86.5 Å². The Morgan fingerprint density at radius 2 is 1.76 bits per heavy atom. The second-order valence-corrected chi connectivity index (χ2v) is 14.7. The highest BCUT2D eigenvalue weighted by Gasteiger charge is 2.79. The summed E-state index contributed by atoms with van der Waals surface area (Å²) in [6, 6.07) is 0. The molecule has 1 aromatic rings. The van der Waals surface area contributed by atoms with Crippen molar-refractivity contribution in [2.75, 3.05) is 5.75 Å². The molecule has 4 nitrogen and oxygen atoms in total. The fourth-order valence-electron chi connectivity index (χ4n) is 9.28. The van der Waals surface area contributed by atoms with E-state index in [1.807, 2.05) is 17.8 Å². The van der Waals surface area contributed by atoms with E-state index in [9.17, 15) is 31.9 Å². The first-order valence-electron chi connectivity index (χ1n) is 15.2. The Kier molecular flexibility index (Phi) is 8.27. The number of hydrogen-bond donors (Lipinski definition) is 1. The monoisotopic (exact) mass is 602 g/mol. The number of aryl methyl sites for hydroxylation is 1. The Balaban J connectivity index is 1.32. The zero-order valence-electron chi connectivity index (χ0n) is 24.3. The first-order chi connectivity index (χ1) is 19.2. The van der Waals surface area contributed by atoms with Gasteiger partial charge in [0.15, 0.2) is 10.9 Å². The average Bonchev–Trinajstić information content (AvgIpc) is 3.43. The zero-order chi connectivity index (χ0) is 29.8. The molecule has 7 atom stereocenters. The third-order valence-corrected chi connectivity index (χ3v) is 12.8. The first-order valence-corrected chi connectivity index (χ1v) is 16.2. The number of unbranched alkanes of at least 4 members (excludes halogenated alkanes) is 3. The highest BCUT2D eigenvalue weighted by Crippen LogP contribution is 2.72. The third-order valence-electron chi connectivity index (χ3n) is 11.6. The van der Waals surface area contributed by atoms with E-state index < -0.39 is 35.5 Å². The number of allylic oxidation sites excluding steroid dienone is 1. The van der Waals surface area contributed by atoms with Crippen molar-refractivity contribution in [2.45, 2.75) is 114 Å². The molecule has 4 aliphatic rings. The molecule has 2 unspecified atom stereocenters. The fraction of sp³-hybridized carbons (Fsp3) is 0.806. The van der Waals surface area contributed by atoms with Gasteiger partial charge in [0.1, 0.15) is 5.60 Å². The number of carbonyl (C=O) groups is 1. The van der Waals surface area contributed by atoms with Gasteiger partial charge in [0.2, 0.25) is 0 Å². The molecule has 0 bridgehead atoms. The van der Waals surface area contributed by atoms with E-state index in [1.165, 1.54) is 6.92 Å². The summed E-state index contributed by atoms with van der Waals surface area (Å²) in [5.41, 5.74) is -3.73. The lowest BCUT2D eigenvalue weighted by atomic mass is 9.43. The topological polar surface area (TPSA) is 55.1 Å². The van der Waals surface area contributed by atoms with Crippen LogP contribution in [-0.2, 0) is 11.8 Å². The van der Waals surface area contributed by atoms with Gasteiger partial charge in [0.05, 0.1) is 0 Å². The van der Waals surface area contributed by atoms with Gasteiger partial charge in [-0.2, -0.15) is 22.0 Å². The van der Waals surface area contributed by atoms with E-state index in [4.69, 9.17) is 0 Å². The number of alkyl halides is 5. The molecule has 1 N–H and O–H groups in total. The smallest absolute Gasteiger partial charge is 0.383 e. The fourth-order valence-corrected chi connectivity index (χ4v) is 10.2. The maximum absolute atomic E-state index is 15.0. The average molecular weight is 603 g/mol. The summed E-state index contributed by atoms with van der Waals surface area (Å²) >= 11 is 1.73. The number of nitrogens with zero attached hydrogens (tertiary/aromatic N) is 2. The van der Waals surface area contributed by atoms with Gasteiger partial charge in [-0.1, -0.05) is 50.4 Å². The lowest BCUT2D eigenvalue weighted by molar-refractivity contribution is -0.364. The lowest BCUT2D eigenvalue weighted by Crippen LogP contribution is -2.66. The molecule has 3 saturated carbocycles. The van der Waals surface area contributed by atoms with E-state index in [1.54, 1.807) is 24.0 Å². The van der Waals surface area contributed by atoms with Crippen LogP contribution in [0.25, 0.3) is 0 Å². The highest BCUT2D eigenvalue weighted by atomic mass is 32.2. The van der Waals surface area contributed by atoms with Crippen molar-refractivity contribution in [3.05, 3.63) is 24.0 Å². The van der Waals surface area contributed by atoms with E-state index in [-0.39, 0.29) is 41.8 Å². The van der Waals surface area contributed by atoms with Crippen LogP contribution in [-0.4, -0.2) is 43.9 Å². The van der Waals surface area contributed by atoms with Crippen LogP contribution in [0, 0.1) is 34.5 Å². The van der Waals surface area contributed by atoms with Crippen LogP contribution >= 0.6 is 11.8 Å². The summed E-state index contributed by atoms with van der Waals surface area (Å²) < 4.78 is 72.8. The summed E-state index contributed by atoms with van der Waals surface area (Å²) in [5, 5.41) is 12.3. The molecule has 0 saturated heterocycles. The lowest BCUT2D eigenvalue weighted by Gasteiger charge is -2.62. The standard InChI is InChI=1S/C31H43F5N2O2S/c1-27-12-9-22(39)19-21(27)18-20(8-6-4-5-7-17-41-26-37-15-16-38(26)3)25-23(27)10-13-28(2)24(25)11-14-29(28,40)30(32,33)31(34,35)36/h15-16,19-20,23-25,40H,4-14,17-18H2,1-3H3/t20?,23-,24+,25-,27+,28+,29?/m1/s1. The molecule has 10 heteroatoms. The number of carbonyl (C=O) groups excluding carboxylic acids is 1. The Hall–Kier alpha value is -1.42. The molecule has 0 amide bonds. The minimum atomic E-state index is -5.80. The van der Waals surface area contributed by atoms with Gasteiger partial charge in [-0.3, -0.25) is 4.79 Å². The van der Waals surface area contributed by atoms with E-state index in [0.29, 0.717) is 25.7 Å². The number of fused-ring (bicyclic) bond motifs is 5. The molecular weight excluding hydrogens is 559 g/mol. The van der Waals surface area contributed by atoms with Gasteiger partial charge >= 0.3 is 12.1 Å². The number of thioether (sulfide) groups is 1. The number of aliphatic hydroxyl groups is 1. The number of ketones is 1. The van der Waals surface area contributed by atoms with E-state index in [2.05, 4.69) is 11.9 Å². The van der Waals surface area contributed by atoms with E-state index in [0.717, 1.165) is 48.6 Å². The van der Waals surface area contributed by atoms with Crippen LogP contribution in [0.15, 0.2) is 29.2 Å². The second-order valence-electron chi connectivity index (χ2n) is 13.6. The molecule has 1 heterocycles. The van der Waals surface area contributed by atoms with Gasteiger partial charge in [0, 0.05) is 37.0 Å². The Labute approximate surface area is 243 Å². The SMILES string of the molecule is Cn1ccnc1SCCCCCCC1CC2=CC(=O)CC[C@]2(C)[C@@H]2CC[C@@]3(C)[C@@H](CCC3(O)C(F)(F)C(F)(F)F)[C@H]12. The maximum Gasteiger partial charge on any atom is 0.456 e. The van der Waals surface area contributed by atoms with E-state index >= 15 is 0 Å². The predicted molar refractivity (Wildman–Crippen MR) is 149 cm³/mol. The molecule has 4 aliphatic carbocycles. The molecule has 5 rings (SSSR count). The Morgan fingerprint density at radius 3 is 2.44 bits per heavy atom. The number of imidazole rings is 1. The molecule has 0 aromatic carbocycles. The quantitative estimate of drug-likeness (QED) is 0.176. The predicted octanol–water partition coefficient (Wildman–Crippen LogP) is 8.15. The molecule has 3 fully saturated rings. The van der Waals surface area contributed by atoms with Crippen molar-refractivity contribution in [3.8, 4) is 0 Å². The highest BCUT2D eigenvalue weighted by molar-refractivity contribution is 7.99. The Bertz CT molecular complexity index is 1170. The van der Waals surface area contributed by atoms with Crippen molar-refractivity contribution in [3.63, 3.8) is 0 Å². The van der Waals surface area contributed by atoms with Crippen molar-refractivity contribution in [1.29, 1.82) is 0 Å². The summed E-state index contributed by atoms with van der Waals surface area (Å²) in [4.78, 5) is 16.7. The van der Waals surface area contributed by atoms with Gasteiger partial charge in [-0.15, -0.1) is 0 Å². The molecule has 0 spiro atoms. The Morgan fingerprint density at radius 1 is 1.05 bits per heavy atom. The molecule has 0 radical (unpaired) electrons. The largest absolute Gasteiger partial charge is 0.456 e. The summed E-state index contributed by atoms with van der Waals surface area (Å²) in [7, 11) is 1.97. The minimum Gasteiger partial charge on any atom is -0.383 e. The van der Waals surface area contributed by atoms with Crippen LogP contribution in [0.5, 0.6) is 0 Å². The summed E-state index contributed by atoms with van der Waals surface area (Å²) in [5.74, 6) is -4.29. The van der Waals surface area contributed by atoms with Gasteiger partial charge in [-0.25, -0.2) is 4.98 Å². The molecule has 230 valence electrons. The minimum absolute atomic E-state index is 0.0406. The van der Waals surface area contributed by atoms with Crippen molar-refractivity contribution in [1.82, 2.24) is 9.55 Å². The third kappa shape index (κ3) is 5.00. The van der Waals surface area contributed by atoms with Gasteiger partial charge in [0.25, 0.3) is 0 Å². The second kappa shape index (κ2) is 10.9. The normalized spacial score (nSPS) is 37.4. The van der Waals surface area contributed by atoms with Crippen LogP contribution in [0.4, 0.5) is 22.0 Å². The zero-order valence-corrected chi connectivity index (χ0v) is 25.1. The molecule has 1 aromatic heterocycles. The van der Waals surface area contributed by atoms with Crippen LogP contribution < -0.4 is 0 Å². The van der Waals surface area contributed by atoms with Gasteiger partial charge < -0.3 is 9.67 Å². The molecular formula is C31H43F5N2O2S. The van der Waals surface area contributed by atoms with Crippen molar-refractivity contribution >= 4 is 17.5 Å². The number of halogens is 5. The number of hydrogen-bond acceptors (Lipinski definition) is 4. The van der Waals surface area contributed by atoms with Crippen LogP contribution in [0.3, 0.4) is 0 Å². The van der Waals surface area contributed by atoms with Crippen molar-refractivity contribution in [2.24, 2.45) is 41.5 Å². The first kappa shape index (κ1) is 31.0. The maximum atomic E-state index is 15.0. The van der Waals surface area contributed by atoms with Crippen molar-refractivity contribution < 1.29 is 31.9 Å². The van der Waals surface area contributed by atoms with Crippen LogP contribution in [0.1, 0.15) is 90.9 Å². The van der Waals surface area contributed by atoms with Crippen LogP contribution in [0.2, 0.25) is 0 Å². The molecule has 0 aliphatic heterocycles. The number of aromatic nitrogens is 2. The summed E-state index contributed by atoms with van der Waals surface area (Å²) in [6.07, 6.45) is 6.74. The molecule has 41 heavy (non-hydrogen) atoms. The summed E-state index contributed by atoms with van der Waals surface area (Å²) in [6.45, 7) is 3.67. The number of rotatable bonds is 9.